The number of hydrogen-bond donors (Lipinski definition) is 2. The van der Waals surface area contributed by atoms with E-state index >= 15 is 0 Å². The van der Waals surface area contributed by atoms with Gasteiger partial charge in [0, 0.05) is 24.1 Å². The third kappa shape index (κ3) is 3.03. The monoisotopic (exact) mass is 235 g/mol. The van der Waals surface area contributed by atoms with Crippen LogP contribution in [0.2, 0.25) is 0 Å². The molecule has 0 atom stereocenters. The molecule has 0 radical (unpaired) electrons. The number of nitrogens with one attached hydrogen (secondary N) is 1. The van der Waals surface area contributed by atoms with Crippen molar-refractivity contribution in [2.45, 2.75) is 33.6 Å². The lowest BCUT2D eigenvalue weighted by Gasteiger charge is -2.28. The molecular formula is C13H21N3O. The number of nitrogens with two attached hydrogens (primary N) is 1. The van der Waals surface area contributed by atoms with Crippen molar-refractivity contribution in [2.75, 3.05) is 11.9 Å². The van der Waals surface area contributed by atoms with Gasteiger partial charge < -0.3 is 11.1 Å². The van der Waals surface area contributed by atoms with Crippen LogP contribution >= 0.6 is 0 Å². The first kappa shape index (κ1) is 13.6. The molecule has 1 heterocycles. The third-order valence-electron chi connectivity index (χ3n) is 3.38. The van der Waals surface area contributed by atoms with Gasteiger partial charge in [-0.1, -0.05) is 13.8 Å². The quantitative estimate of drug-likeness (QED) is 0.821. The Morgan fingerprint density at radius 2 is 2.12 bits per heavy atom. The lowest BCUT2D eigenvalue weighted by molar-refractivity contribution is -0.125. The number of aryl methyl sites for hydroxylation is 1. The van der Waals surface area contributed by atoms with Gasteiger partial charge in [-0.3, -0.25) is 9.78 Å². The maximum Gasteiger partial charge on any atom is 0.231 e. The number of aromatic nitrogens is 1. The minimum Gasteiger partial charge on any atom is -0.329 e. The molecule has 0 saturated carbocycles. The van der Waals surface area contributed by atoms with Crippen molar-refractivity contribution in [1.29, 1.82) is 0 Å². The van der Waals surface area contributed by atoms with Gasteiger partial charge in [-0.15, -0.1) is 0 Å². The molecule has 3 N–H and O–H groups in total. The topological polar surface area (TPSA) is 68.0 Å². The van der Waals surface area contributed by atoms with Crippen molar-refractivity contribution >= 4 is 11.6 Å². The van der Waals surface area contributed by atoms with E-state index in [2.05, 4.69) is 10.3 Å². The molecule has 0 bridgehead atoms. The average Bonchev–Trinajstić information content (AvgIpc) is 2.32. The Balaban J connectivity index is 2.84. The van der Waals surface area contributed by atoms with Crippen molar-refractivity contribution in [3.8, 4) is 0 Å². The van der Waals surface area contributed by atoms with Gasteiger partial charge >= 0.3 is 0 Å². The van der Waals surface area contributed by atoms with E-state index in [-0.39, 0.29) is 5.91 Å². The second kappa shape index (κ2) is 5.77. The zero-order chi connectivity index (χ0) is 12.9. The molecule has 1 aromatic rings. The molecule has 0 aliphatic heterocycles. The maximum atomic E-state index is 12.2. The largest absolute Gasteiger partial charge is 0.329 e. The fourth-order valence-electron chi connectivity index (χ4n) is 1.84. The Hall–Kier alpha value is -1.42. The Bertz CT molecular complexity index is 378. The molecule has 1 amide bonds. The van der Waals surface area contributed by atoms with Crippen LogP contribution in [0, 0.1) is 12.3 Å². The van der Waals surface area contributed by atoms with Gasteiger partial charge in [0.2, 0.25) is 5.91 Å². The second-order valence-corrected chi connectivity index (χ2v) is 4.33. The standard InChI is InChI=1S/C13H21N3O/c1-4-13(5-2,9-14)12(17)16-11-6-7-15-10(3)8-11/h6-8H,4-5,9,14H2,1-3H3,(H,15,16,17). The van der Waals surface area contributed by atoms with E-state index in [4.69, 9.17) is 5.73 Å². The molecule has 0 fully saturated rings. The Morgan fingerprint density at radius 3 is 2.59 bits per heavy atom. The number of nitrogens with zero attached hydrogens (tertiary/aromatic N) is 1. The molecular weight excluding hydrogens is 214 g/mol. The molecule has 17 heavy (non-hydrogen) atoms. The van der Waals surface area contributed by atoms with Gasteiger partial charge in [-0.25, -0.2) is 0 Å². The summed E-state index contributed by atoms with van der Waals surface area (Å²) in [6.45, 7) is 6.25. The van der Waals surface area contributed by atoms with E-state index in [0.29, 0.717) is 6.54 Å². The van der Waals surface area contributed by atoms with Crippen LogP contribution in [0.25, 0.3) is 0 Å². The smallest absolute Gasteiger partial charge is 0.231 e. The molecule has 0 aromatic carbocycles. The zero-order valence-electron chi connectivity index (χ0n) is 10.8. The lowest BCUT2D eigenvalue weighted by Crippen LogP contribution is -2.41. The summed E-state index contributed by atoms with van der Waals surface area (Å²) in [4.78, 5) is 16.3. The highest BCUT2D eigenvalue weighted by Gasteiger charge is 2.33. The molecule has 1 aromatic heterocycles. The molecule has 0 aliphatic carbocycles. The van der Waals surface area contributed by atoms with Crippen LogP contribution < -0.4 is 11.1 Å². The highest BCUT2D eigenvalue weighted by atomic mass is 16.2. The summed E-state index contributed by atoms with van der Waals surface area (Å²) in [5.74, 6) is -0.00407. The molecule has 4 heteroatoms. The van der Waals surface area contributed by atoms with E-state index in [1.807, 2.05) is 26.8 Å². The first-order chi connectivity index (χ1) is 8.07. The highest BCUT2D eigenvalue weighted by Crippen LogP contribution is 2.26. The van der Waals surface area contributed by atoms with Gasteiger partial charge in [0.15, 0.2) is 0 Å². The number of rotatable bonds is 5. The van der Waals surface area contributed by atoms with Crippen molar-refractivity contribution < 1.29 is 4.79 Å². The van der Waals surface area contributed by atoms with Crippen LogP contribution in [0.15, 0.2) is 18.3 Å². The summed E-state index contributed by atoms with van der Waals surface area (Å²) in [6.07, 6.45) is 3.18. The number of carbonyl (C=O) groups is 1. The normalized spacial score (nSPS) is 11.3. The number of amides is 1. The van der Waals surface area contributed by atoms with E-state index in [1.165, 1.54) is 0 Å². The fraction of sp³-hybridized carbons (Fsp3) is 0.538. The van der Waals surface area contributed by atoms with Crippen LogP contribution in [-0.2, 0) is 4.79 Å². The first-order valence-electron chi connectivity index (χ1n) is 6.02. The van der Waals surface area contributed by atoms with Crippen LogP contribution in [0.3, 0.4) is 0 Å². The van der Waals surface area contributed by atoms with E-state index < -0.39 is 5.41 Å². The molecule has 0 spiro atoms. The molecule has 0 unspecified atom stereocenters. The number of hydrogen-bond acceptors (Lipinski definition) is 3. The number of pyridine rings is 1. The van der Waals surface area contributed by atoms with Gasteiger partial charge in [0.25, 0.3) is 0 Å². The first-order valence-corrected chi connectivity index (χ1v) is 6.02. The Morgan fingerprint density at radius 1 is 1.47 bits per heavy atom. The van der Waals surface area contributed by atoms with E-state index in [9.17, 15) is 4.79 Å². The predicted molar refractivity (Wildman–Crippen MR) is 69.7 cm³/mol. The zero-order valence-corrected chi connectivity index (χ0v) is 10.8. The van der Waals surface area contributed by atoms with E-state index in [1.54, 1.807) is 12.3 Å². The molecule has 94 valence electrons. The predicted octanol–water partition coefficient (Wildman–Crippen LogP) is 2.09. The van der Waals surface area contributed by atoms with Gasteiger partial charge in [0.1, 0.15) is 0 Å². The Kier molecular flexibility index (Phi) is 4.63. The molecule has 0 aliphatic rings. The van der Waals surface area contributed by atoms with Crippen LogP contribution in [-0.4, -0.2) is 17.4 Å². The number of anilines is 1. The summed E-state index contributed by atoms with van der Waals surface area (Å²) in [6, 6.07) is 3.64. The molecule has 1 rings (SSSR count). The summed E-state index contributed by atoms with van der Waals surface area (Å²) >= 11 is 0. The minimum absolute atomic E-state index is 0.00407. The number of carbonyl (C=O) groups excluding carboxylic acids is 1. The fourth-order valence-corrected chi connectivity index (χ4v) is 1.84. The van der Waals surface area contributed by atoms with Gasteiger partial charge in [0.05, 0.1) is 5.41 Å². The average molecular weight is 235 g/mol. The van der Waals surface area contributed by atoms with Gasteiger partial charge in [-0.05, 0) is 31.9 Å². The van der Waals surface area contributed by atoms with Crippen LogP contribution in [0.1, 0.15) is 32.4 Å². The maximum absolute atomic E-state index is 12.2. The van der Waals surface area contributed by atoms with Gasteiger partial charge in [-0.2, -0.15) is 0 Å². The van der Waals surface area contributed by atoms with Crippen molar-refractivity contribution in [3.63, 3.8) is 0 Å². The summed E-state index contributed by atoms with van der Waals surface area (Å²) in [7, 11) is 0. The third-order valence-corrected chi connectivity index (χ3v) is 3.38. The summed E-state index contributed by atoms with van der Waals surface area (Å²) < 4.78 is 0. The Labute approximate surface area is 103 Å². The van der Waals surface area contributed by atoms with Crippen LogP contribution in [0.5, 0.6) is 0 Å². The summed E-state index contributed by atoms with van der Waals surface area (Å²) in [5, 5.41) is 2.92. The molecule has 4 nitrogen and oxygen atoms in total. The SMILES string of the molecule is CCC(CC)(CN)C(=O)Nc1ccnc(C)c1. The van der Waals surface area contributed by atoms with Crippen molar-refractivity contribution in [1.82, 2.24) is 4.98 Å². The molecule has 0 saturated heterocycles. The summed E-state index contributed by atoms with van der Waals surface area (Å²) in [5.41, 5.74) is 6.94. The lowest BCUT2D eigenvalue weighted by atomic mass is 9.81. The highest BCUT2D eigenvalue weighted by molar-refractivity contribution is 5.95. The van der Waals surface area contributed by atoms with Crippen molar-refractivity contribution in [2.24, 2.45) is 11.1 Å². The second-order valence-electron chi connectivity index (χ2n) is 4.33. The van der Waals surface area contributed by atoms with Crippen LogP contribution in [0.4, 0.5) is 5.69 Å². The van der Waals surface area contributed by atoms with Crippen molar-refractivity contribution in [3.05, 3.63) is 24.0 Å². The minimum atomic E-state index is -0.461. The van der Waals surface area contributed by atoms with E-state index in [0.717, 1.165) is 24.2 Å².